The molecule has 1 unspecified atom stereocenters. The maximum Gasteiger partial charge on any atom is 0.191 e. The summed E-state index contributed by atoms with van der Waals surface area (Å²) < 4.78 is 0. The summed E-state index contributed by atoms with van der Waals surface area (Å²) in [7, 11) is 0. The van der Waals surface area contributed by atoms with Crippen LogP contribution in [-0.2, 0) is 0 Å². The van der Waals surface area contributed by atoms with E-state index < -0.39 is 6.10 Å². The monoisotopic (exact) mass is 402 g/mol. The highest BCUT2D eigenvalue weighted by Gasteiger charge is 2.12. The van der Waals surface area contributed by atoms with Crippen molar-refractivity contribution in [3.8, 4) is 0 Å². The number of nitrogens with one attached hydrogen (secondary N) is 2. The largest absolute Gasteiger partial charge is 0.386 e. The number of aliphatic hydroxyl groups excluding tert-OH is 1. The fourth-order valence-electron chi connectivity index (χ4n) is 2.12. The predicted octanol–water partition coefficient (Wildman–Crippen LogP) is 2.01. The molecule has 0 fully saturated rings. The first-order valence-electron chi connectivity index (χ1n) is 7.07. The minimum Gasteiger partial charge on any atom is -0.386 e. The molecule has 0 amide bonds. The number of pyridine rings is 1. The third-order valence-corrected chi connectivity index (χ3v) is 3.21. The lowest BCUT2D eigenvalue weighted by Gasteiger charge is -2.17. The minimum atomic E-state index is -0.602. The summed E-state index contributed by atoms with van der Waals surface area (Å²) in [6, 6.07) is 4.02. The highest BCUT2D eigenvalue weighted by atomic mass is 127. The summed E-state index contributed by atoms with van der Waals surface area (Å²) in [4.78, 5) is 8.39. The molecule has 1 aromatic rings. The van der Waals surface area contributed by atoms with Crippen molar-refractivity contribution in [2.24, 2.45) is 4.99 Å². The molecule has 0 saturated heterocycles. The Labute approximate surface area is 143 Å². The van der Waals surface area contributed by atoms with Crippen molar-refractivity contribution in [3.05, 3.63) is 42.2 Å². The summed E-state index contributed by atoms with van der Waals surface area (Å²) in [6.07, 6.45) is 9.15. The predicted molar refractivity (Wildman–Crippen MR) is 95.9 cm³/mol. The van der Waals surface area contributed by atoms with Crippen LogP contribution in [-0.4, -0.2) is 35.2 Å². The van der Waals surface area contributed by atoms with Crippen LogP contribution in [0.15, 0.2) is 41.7 Å². The second-order valence-electron chi connectivity index (χ2n) is 4.80. The van der Waals surface area contributed by atoms with E-state index >= 15 is 0 Å². The van der Waals surface area contributed by atoms with E-state index in [0.29, 0.717) is 12.6 Å². The van der Waals surface area contributed by atoms with Crippen LogP contribution < -0.4 is 10.6 Å². The lowest BCUT2D eigenvalue weighted by molar-refractivity contribution is 0.187. The Hall–Kier alpha value is -1.15. The van der Waals surface area contributed by atoms with Gasteiger partial charge < -0.3 is 15.7 Å². The number of guanidine groups is 1. The highest BCUT2D eigenvalue weighted by molar-refractivity contribution is 14.0. The molecule has 6 heteroatoms. The van der Waals surface area contributed by atoms with Crippen LogP contribution in [0.3, 0.4) is 0 Å². The van der Waals surface area contributed by atoms with Crippen LogP contribution in [0.2, 0.25) is 0 Å². The summed E-state index contributed by atoms with van der Waals surface area (Å²) in [5, 5.41) is 16.7. The highest BCUT2D eigenvalue weighted by Crippen LogP contribution is 2.12. The molecule has 21 heavy (non-hydrogen) atoms. The van der Waals surface area contributed by atoms with Gasteiger partial charge in [0.15, 0.2) is 5.96 Å². The molecule has 0 aliphatic heterocycles. The van der Waals surface area contributed by atoms with E-state index in [1.165, 1.54) is 0 Å². The fourth-order valence-corrected chi connectivity index (χ4v) is 2.12. The molecular formula is C15H23IN4O. The second-order valence-corrected chi connectivity index (χ2v) is 4.80. The van der Waals surface area contributed by atoms with Gasteiger partial charge >= 0.3 is 0 Å². The molecule has 2 rings (SSSR count). The van der Waals surface area contributed by atoms with E-state index in [1.54, 1.807) is 24.5 Å². The van der Waals surface area contributed by atoms with Gasteiger partial charge in [0.1, 0.15) is 0 Å². The third kappa shape index (κ3) is 6.01. The van der Waals surface area contributed by atoms with Crippen LogP contribution in [0.1, 0.15) is 31.4 Å². The summed E-state index contributed by atoms with van der Waals surface area (Å²) in [5.74, 6) is 0.759. The van der Waals surface area contributed by atoms with Gasteiger partial charge in [0, 0.05) is 25.0 Å². The van der Waals surface area contributed by atoms with E-state index in [-0.39, 0.29) is 24.0 Å². The first kappa shape index (κ1) is 17.9. The van der Waals surface area contributed by atoms with Crippen molar-refractivity contribution in [3.63, 3.8) is 0 Å². The van der Waals surface area contributed by atoms with E-state index in [9.17, 15) is 5.11 Å². The SMILES string of the molecule is CCNC(=NCC(O)c1ccncc1)NC1CC=CC1.I. The number of rotatable bonds is 5. The average Bonchev–Trinajstić information content (AvgIpc) is 2.98. The summed E-state index contributed by atoms with van der Waals surface area (Å²) in [6.45, 7) is 3.17. The average molecular weight is 402 g/mol. The second kappa shape index (κ2) is 9.73. The smallest absolute Gasteiger partial charge is 0.191 e. The van der Waals surface area contributed by atoms with E-state index in [1.807, 2.05) is 6.92 Å². The maximum absolute atomic E-state index is 10.1. The Morgan fingerprint density at radius 3 is 2.67 bits per heavy atom. The van der Waals surface area contributed by atoms with Crippen LogP contribution >= 0.6 is 24.0 Å². The molecule has 0 aromatic carbocycles. The van der Waals surface area contributed by atoms with Gasteiger partial charge in [-0.05, 0) is 37.5 Å². The van der Waals surface area contributed by atoms with E-state index in [0.717, 1.165) is 30.9 Å². The number of aromatic nitrogens is 1. The van der Waals surface area contributed by atoms with Crippen molar-refractivity contribution in [2.45, 2.75) is 31.9 Å². The van der Waals surface area contributed by atoms with Gasteiger partial charge in [-0.15, -0.1) is 24.0 Å². The molecular weight excluding hydrogens is 379 g/mol. The molecule has 0 saturated carbocycles. The Balaban J connectivity index is 0.00000220. The molecule has 0 spiro atoms. The molecule has 5 nitrogen and oxygen atoms in total. The van der Waals surface area contributed by atoms with Gasteiger partial charge in [-0.25, -0.2) is 0 Å². The van der Waals surface area contributed by atoms with Crippen LogP contribution in [0, 0.1) is 0 Å². The van der Waals surface area contributed by atoms with Crippen molar-refractivity contribution in [1.29, 1.82) is 0 Å². The number of halogens is 1. The molecule has 116 valence electrons. The number of aliphatic hydroxyl groups is 1. The zero-order chi connectivity index (χ0) is 14.2. The number of aliphatic imine (C=N–C) groups is 1. The lowest BCUT2D eigenvalue weighted by Crippen LogP contribution is -2.42. The topological polar surface area (TPSA) is 69.5 Å². The normalized spacial score (nSPS) is 16.4. The quantitative estimate of drug-likeness (QED) is 0.305. The van der Waals surface area contributed by atoms with Crippen molar-refractivity contribution in [2.75, 3.05) is 13.1 Å². The van der Waals surface area contributed by atoms with Crippen molar-refractivity contribution >= 4 is 29.9 Å². The molecule has 3 N–H and O–H groups in total. The number of hydrogen-bond donors (Lipinski definition) is 3. The standard InChI is InChI=1S/C15H22N4O.HI/c1-2-17-15(19-13-5-3-4-6-13)18-11-14(20)12-7-9-16-10-8-12;/h3-4,7-10,13-14,20H,2,5-6,11H2,1H3,(H2,17,18,19);1H. The van der Waals surface area contributed by atoms with Crippen molar-refractivity contribution < 1.29 is 5.11 Å². The van der Waals surface area contributed by atoms with Gasteiger partial charge in [-0.1, -0.05) is 12.2 Å². The molecule has 1 heterocycles. The minimum absolute atomic E-state index is 0. The lowest BCUT2D eigenvalue weighted by atomic mass is 10.1. The molecule has 0 radical (unpaired) electrons. The molecule has 1 aliphatic carbocycles. The number of nitrogens with zero attached hydrogens (tertiary/aromatic N) is 2. The zero-order valence-corrected chi connectivity index (χ0v) is 14.5. The Morgan fingerprint density at radius 1 is 1.38 bits per heavy atom. The Morgan fingerprint density at radius 2 is 2.05 bits per heavy atom. The fraction of sp³-hybridized carbons (Fsp3) is 0.467. The summed E-state index contributed by atoms with van der Waals surface area (Å²) >= 11 is 0. The van der Waals surface area contributed by atoms with E-state index in [4.69, 9.17) is 0 Å². The molecule has 1 aromatic heterocycles. The molecule has 1 aliphatic rings. The first-order valence-corrected chi connectivity index (χ1v) is 7.07. The maximum atomic E-state index is 10.1. The third-order valence-electron chi connectivity index (χ3n) is 3.21. The van der Waals surface area contributed by atoms with Crippen LogP contribution in [0.4, 0.5) is 0 Å². The zero-order valence-electron chi connectivity index (χ0n) is 12.2. The van der Waals surface area contributed by atoms with Gasteiger partial charge in [0.25, 0.3) is 0 Å². The van der Waals surface area contributed by atoms with Gasteiger partial charge in [-0.2, -0.15) is 0 Å². The first-order chi connectivity index (χ1) is 9.79. The molecule has 1 atom stereocenters. The van der Waals surface area contributed by atoms with E-state index in [2.05, 4.69) is 32.8 Å². The van der Waals surface area contributed by atoms with Gasteiger partial charge in [0.2, 0.25) is 0 Å². The molecule has 0 bridgehead atoms. The number of hydrogen-bond acceptors (Lipinski definition) is 3. The van der Waals surface area contributed by atoms with Gasteiger partial charge in [-0.3, -0.25) is 9.98 Å². The Bertz CT molecular complexity index is 456. The Kier molecular flexibility index (Phi) is 8.29. The van der Waals surface area contributed by atoms with Crippen LogP contribution in [0.25, 0.3) is 0 Å². The van der Waals surface area contributed by atoms with Crippen molar-refractivity contribution in [1.82, 2.24) is 15.6 Å². The van der Waals surface area contributed by atoms with Crippen LogP contribution in [0.5, 0.6) is 0 Å². The summed E-state index contributed by atoms with van der Waals surface area (Å²) in [5.41, 5.74) is 0.835. The van der Waals surface area contributed by atoms with Gasteiger partial charge in [0.05, 0.1) is 12.6 Å².